The summed E-state index contributed by atoms with van der Waals surface area (Å²) in [6.07, 6.45) is 6.88. The van der Waals surface area contributed by atoms with Gasteiger partial charge in [0.25, 0.3) is 11.8 Å². The molecule has 3 heterocycles. The second-order valence-electron chi connectivity index (χ2n) is 15.8. The molecule has 10 atom stereocenters. The maximum atomic E-state index is 14.6. The van der Waals surface area contributed by atoms with Gasteiger partial charge in [-0.05, 0) is 60.3 Å². The van der Waals surface area contributed by atoms with Crippen molar-refractivity contribution in [2.75, 3.05) is 6.54 Å². The van der Waals surface area contributed by atoms with E-state index in [1.165, 1.54) is 18.6 Å². The van der Waals surface area contributed by atoms with E-state index < -0.39 is 70.9 Å². The number of amides is 5. The van der Waals surface area contributed by atoms with E-state index in [2.05, 4.69) is 31.2 Å². The molecule has 52 heavy (non-hydrogen) atoms. The third-order valence-corrected chi connectivity index (χ3v) is 11.5. The minimum Gasteiger partial charge on any atom is -0.344 e. The summed E-state index contributed by atoms with van der Waals surface area (Å²) in [6, 6.07) is 5.05. The van der Waals surface area contributed by atoms with Gasteiger partial charge in [0.1, 0.15) is 29.9 Å². The van der Waals surface area contributed by atoms with Gasteiger partial charge < -0.3 is 26.2 Å². The number of hydrogen-bond donors (Lipinski definition) is 4. The smallest absolute Gasteiger partial charge is 0.290 e. The summed E-state index contributed by atoms with van der Waals surface area (Å²) in [4.78, 5) is 92.6. The molecule has 0 bridgehead atoms. The van der Waals surface area contributed by atoms with Gasteiger partial charge in [0, 0.05) is 18.9 Å². The molecular formula is C39H53N7O6. The van der Waals surface area contributed by atoms with Gasteiger partial charge in [0.05, 0.1) is 12.2 Å². The van der Waals surface area contributed by atoms with Crippen LogP contribution in [0.3, 0.4) is 0 Å². The quantitative estimate of drug-likeness (QED) is 0.242. The van der Waals surface area contributed by atoms with E-state index >= 15 is 0 Å². The lowest BCUT2D eigenvalue weighted by molar-refractivity contribution is -0.145. The summed E-state index contributed by atoms with van der Waals surface area (Å²) in [5.41, 5.74) is 0.152. The average Bonchev–Trinajstić information content (AvgIpc) is 3.68. The van der Waals surface area contributed by atoms with Crippen LogP contribution in [0.15, 0.2) is 48.9 Å². The summed E-state index contributed by atoms with van der Waals surface area (Å²) < 4.78 is 0. The lowest BCUT2D eigenvalue weighted by Gasteiger charge is -2.37. The molecule has 1 aliphatic carbocycles. The first-order valence-corrected chi connectivity index (χ1v) is 18.6. The first kappa shape index (κ1) is 38.5. The number of Topliss-reactive ketones (excluding diaryl/α,β-unsaturated/α-hetero) is 1. The Morgan fingerprint density at radius 2 is 1.69 bits per heavy atom. The van der Waals surface area contributed by atoms with E-state index in [0.717, 1.165) is 18.4 Å². The van der Waals surface area contributed by atoms with Gasteiger partial charge in [0.2, 0.25) is 23.5 Å². The zero-order chi connectivity index (χ0) is 37.9. The Balaban J connectivity index is 1.37. The molecular weight excluding hydrogens is 662 g/mol. The number of carbonyl (C=O) groups is 6. The molecule has 1 aromatic heterocycles. The Bertz CT molecular complexity index is 1650. The van der Waals surface area contributed by atoms with Crippen LogP contribution in [0, 0.1) is 35.0 Å². The van der Waals surface area contributed by atoms with E-state index in [1.54, 1.807) is 11.8 Å². The zero-order valence-corrected chi connectivity index (χ0v) is 31.2. The van der Waals surface area contributed by atoms with E-state index in [0.29, 0.717) is 19.4 Å². The number of hydrogen-bond acceptors (Lipinski definition) is 8. The average molecular weight is 716 g/mol. The highest BCUT2D eigenvalue weighted by molar-refractivity contribution is 6.38. The lowest BCUT2D eigenvalue weighted by Crippen LogP contribution is -2.62. The van der Waals surface area contributed by atoms with Crippen molar-refractivity contribution in [3.63, 3.8) is 0 Å². The molecule has 1 saturated carbocycles. The number of nitrogens with one attached hydrogen (secondary N) is 4. The first-order chi connectivity index (χ1) is 24.7. The topological polar surface area (TPSA) is 180 Å². The van der Waals surface area contributed by atoms with E-state index in [9.17, 15) is 28.8 Å². The molecule has 5 rings (SSSR count). The highest BCUT2D eigenvalue weighted by atomic mass is 16.2. The van der Waals surface area contributed by atoms with E-state index in [1.807, 2.05) is 71.9 Å². The molecule has 3 aliphatic rings. The number of rotatable bonds is 12. The molecule has 2 saturated heterocycles. The van der Waals surface area contributed by atoms with Crippen LogP contribution in [0.1, 0.15) is 96.2 Å². The van der Waals surface area contributed by atoms with Gasteiger partial charge in [0.15, 0.2) is 0 Å². The Kier molecular flexibility index (Phi) is 11.8. The summed E-state index contributed by atoms with van der Waals surface area (Å²) in [5, 5.41) is 11.5. The molecule has 3 unspecified atom stereocenters. The summed E-state index contributed by atoms with van der Waals surface area (Å²) >= 11 is 0. The SMILES string of the molecule is CCC(C)[C@H](NC(=O)c1cnccn1)C(=O)N[C@H](C(=O)N1C[C@@H]2CCC3C(CC)[C@@H](C(=O)C(=O)N[C@@H](C)c4ccccc4)NC(=O)[C@@H]1[C@@H]32)C(C)(C)C. The molecule has 13 heteroatoms. The predicted molar refractivity (Wildman–Crippen MR) is 193 cm³/mol. The Morgan fingerprint density at radius 1 is 0.981 bits per heavy atom. The molecule has 0 radical (unpaired) electrons. The molecule has 2 aromatic rings. The number of nitrogens with zero attached hydrogens (tertiary/aromatic N) is 3. The van der Waals surface area contributed by atoms with Crippen LogP contribution in [0.25, 0.3) is 0 Å². The third-order valence-electron chi connectivity index (χ3n) is 11.5. The van der Waals surface area contributed by atoms with Crippen molar-refractivity contribution in [3.05, 3.63) is 60.2 Å². The number of likely N-dealkylation sites (tertiary alicyclic amines) is 1. The first-order valence-electron chi connectivity index (χ1n) is 18.6. The van der Waals surface area contributed by atoms with Crippen molar-refractivity contribution in [1.29, 1.82) is 0 Å². The molecule has 0 spiro atoms. The van der Waals surface area contributed by atoms with Gasteiger partial charge in [-0.3, -0.25) is 33.8 Å². The molecule has 280 valence electrons. The molecule has 3 fully saturated rings. The van der Waals surface area contributed by atoms with Crippen molar-refractivity contribution in [2.45, 2.75) is 104 Å². The zero-order valence-electron chi connectivity index (χ0n) is 31.2. The highest BCUT2D eigenvalue weighted by Crippen LogP contribution is 2.52. The van der Waals surface area contributed by atoms with Gasteiger partial charge in [-0.2, -0.15) is 0 Å². The molecule has 2 aliphatic heterocycles. The molecule has 1 aromatic carbocycles. The fraction of sp³-hybridized carbons (Fsp3) is 0.590. The number of aromatic nitrogens is 2. The van der Waals surface area contributed by atoms with Crippen LogP contribution in [0.5, 0.6) is 0 Å². The number of ketones is 1. The van der Waals surface area contributed by atoms with Crippen LogP contribution >= 0.6 is 0 Å². The lowest BCUT2D eigenvalue weighted by atomic mass is 9.75. The molecule has 13 nitrogen and oxygen atoms in total. The van der Waals surface area contributed by atoms with Crippen molar-refractivity contribution in [1.82, 2.24) is 36.1 Å². The summed E-state index contributed by atoms with van der Waals surface area (Å²) in [7, 11) is 0. The number of benzene rings is 1. The van der Waals surface area contributed by atoms with Crippen LogP contribution in [-0.2, 0) is 24.0 Å². The molecule has 4 N–H and O–H groups in total. The van der Waals surface area contributed by atoms with Crippen molar-refractivity contribution in [3.8, 4) is 0 Å². The Morgan fingerprint density at radius 3 is 2.31 bits per heavy atom. The van der Waals surface area contributed by atoms with Gasteiger partial charge in [-0.15, -0.1) is 0 Å². The Hall–Kier alpha value is -4.68. The number of carbonyl (C=O) groups excluding carboxylic acids is 6. The second kappa shape index (κ2) is 15.9. The minimum absolute atomic E-state index is 0.0370. The molecule has 5 amide bonds. The summed E-state index contributed by atoms with van der Waals surface area (Å²) in [6.45, 7) is 13.4. The van der Waals surface area contributed by atoms with Crippen molar-refractivity contribution in [2.24, 2.45) is 35.0 Å². The van der Waals surface area contributed by atoms with E-state index in [-0.39, 0.29) is 35.3 Å². The maximum absolute atomic E-state index is 14.6. The monoisotopic (exact) mass is 715 g/mol. The van der Waals surface area contributed by atoms with Crippen LogP contribution in [0.2, 0.25) is 0 Å². The summed E-state index contributed by atoms with van der Waals surface area (Å²) in [5.74, 6) is -4.14. The van der Waals surface area contributed by atoms with Gasteiger partial charge in [-0.1, -0.05) is 84.7 Å². The Labute approximate surface area is 305 Å². The van der Waals surface area contributed by atoms with Crippen LogP contribution in [-0.4, -0.2) is 80.9 Å². The standard InChI is InChI=1S/C39H53N7O6/c1-8-21(3)29(43-34(48)27-19-40-17-18-41-27)35(49)45-33(39(5,6)7)38(52)46-20-24-15-16-26-25(9-2)30(44-36(50)31(46)28(24)26)32(47)37(51)42-22(4)23-13-11-10-12-14-23/h10-14,17-19,21-22,24-26,28-31,33H,8-9,15-16,20H2,1-7H3,(H,42,51)(H,43,48)(H,44,50)(H,45,49)/t21?,22-,24-,25?,26?,28+,29-,30-,31-,33+/m0/s1. The van der Waals surface area contributed by atoms with Crippen LogP contribution < -0.4 is 21.3 Å². The predicted octanol–water partition coefficient (Wildman–Crippen LogP) is 2.98. The van der Waals surface area contributed by atoms with Crippen molar-refractivity contribution < 1.29 is 28.8 Å². The van der Waals surface area contributed by atoms with E-state index in [4.69, 9.17) is 0 Å². The fourth-order valence-corrected chi connectivity index (χ4v) is 8.47. The third kappa shape index (κ3) is 7.88. The van der Waals surface area contributed by atoms with Crippen LogP contribution in [0.4, 0.5) is 0 Å². The van der Waals surface area contributed by atoms with Gasteiger partial charge in [-0.25, -0.2) is 4.98 Å². The minimum atomic E-state index is -1.03. The maximum Gasteiger partial charge on any atom is 0.290 e. The van der Waals surface area contributed by atoms with Crippen molar-refractivity contribution >= 4 is 35.3 Å². The normalized spacial score (nSPS) is 26.1. The second-order valence-corrected chi connectivity index (χ2v) is 15.8. The van der Waals surface area contributed by atoms with Gasteiger partial charge >= 0.3 is 0 Å². The fourth-order valence-electron chi connectivity index (χ4n) is 8.47. The largest absolute Gasteiger partial charge is 0.344 e. The highest BCUT2D eigenvalue weighted by Gasteiger charge is 2.60.